The number of hydrogen-bond acceptors (Lipinski definition) is 2. The first kappa shape index (κ1) is 11.9. The van der Waals surface area contributed by atoms with Gasteiger partial charge in [-0.3, -0.25) is 4.79 Å². The molecular weight excluding hydrogens is 188 g/mol. The molecule has 2 nitrogen and oxygen atoms in total. The number of ketones is 1. The van der Waals surface area contributed by atoms with Gasteiger partial charge in [0.25, 0.3) is 0 Å². The van der Waals surface area contributed by atoms with Crippen molar-refractivity contribution in [3.63, 3.8) is 0 Å². The molecule has 0 saturated carbocycles. The molecule has 0 spiro atoms. The van der Waals surface area contributed by atoms with E-state index < -0.39 is 6.10 Å². The van der Waals surface area contributed by atoms with Crippen LogP contribution in [0.1, 0.15) is 32.4 Å². The first-order valence-corrected chi connectivity index (χ1v) is 5.30. The fourth-order valence-electron chi connectivity index (χ4n) is 1.62. The van der Waals surface area contributed by atoms with E-state index in [9.17, 15) is 9.90 Å². The number of benzene rings is 1. The van der Waals surface area contributed by atoms with Gasteiger partial charge in [-0.1, -0.05) is 51.1 Å². The van der Waals surface area contributed by atoms with Gasteiger partial charge in [0.2, 0.25) is 0 Å². The van der Waals surface area contributed by atoms with Crippen LogP contribution in [-0.2, 0) is 4.79 Å². The summed E-state index contributed by atoms with van der Waals surface area (Å²) in [6, 6.07) is 9.31. The maximum atomic E-state index is 11.7. The number of hydrogen-bond donors (Lipinski definition) is 1. The van der Waals surface area contributed by atoms with Gasteiger partial charge in [-0.25, -0.2) is 0 Å². The maximum Gasteiger partial charge on any atom is 0.141 e. The molecule has 2 heteroatoms. The molecule has 0 radical (unpaired) electrons. The zero-order valence-electron chi connectivity index (χ0n) is 9.47. The summed E-state index contributed by atoms with van der Waals surface area (Å²) in [7, 11) is 0. The second-order valence-electron chi connectivity index (χ2n) is 4.20. The monoisotopic (exact) mass is 206 g/mol. The molecule has 0 saturated heterocycles. The minimum absolute atomic E-state index is 0.0293. The lowest BCUT2D eigenvalue weighted by molar-refractivity contribution is -0.128. The van der Waals surface area contributed by atoms with E-state index in [2.05, 4.69) is 0 Å². The molecule has 1 N–H and O–H groups in total. The van der Waals surface area contributed by atoms with E-state index in [4.69, 9.17) is 0 Å². The zero-order chi connectivity index (χ0) is 11.4. The summed E-state index contributed by atoms with van der Waals surface area (Å²) in [5, 5.41) is 9.99. The van der Waals surface area contributed by atoms with Crippen LogP contribution in [0.4, 0.5) is 0 Å². The zero-order valence-corrected chi connectivity index (χ0v) is 9.47. The third-order valence-electron chi connectivity index (χ3n) is 2.63. The highest BCUT2D eigenvalue weighted by atomic mass is 16.3. The molecule has 0 aliphatic carbocycles. The highest BCUT2D eigenvalue weighted by molar-refractivity contribution is 5.83. The van der Waals surface area contributed by atoms with Gasteiger partial charge in [-0.15, -0.1) is 0 Å². The van der Waals surface area contributed by atoms with Crippen LogP contribution in [0.2, 0.25) is 0 Å². The lowest BCUT2D eigenvalue weighted by atomic mass is 9.89. The molecule has 2 atom stereocenters. The number of rotatable bonds is 4. The first-order chi connectivity index (χ1) is 7.04. The van der Waals surface area contributed by atoms with E-state index in [0.717, 1.165) is 5.56 Å². The number of Topliss-reactive ketones (excluding diaryl/α,β-unsaturated/α-hetero) is 1. The SMILES string of the molecule is CC(C)C(=O)C(C)C(O)c1ccccc1. The molecule has 15 heavy (non-hydrogen) atoms. The Balaban J connectivity index is 2.77. The van der Waals surface area contributed by atoms with Gasteiger partial charge in [-0.05, 0) is 5.56 Å². The van der Waals surface area contributed by atoms with Gasteiger partial charge >= 0.3 is 0 Å². The van der Waals surface area contributed by atoms with E-state index in [1.165, 1.54) is 0 Å². The maximum absolute atomic E-state index is 11.7. The molecule has 0 aliphatic rings. The van der Waals surface area contributed by atoms with Gasteiger partial charge < -0.3 is 5.11 Å². The molecule has 0 heterocycles. The van der Waals surface area contributed by atoms with Gasteiger partial charge in [0, 0.05) is 11.8 Å². The van der Waals surface area contributed by atoms with Crippen molar-refractivity contribution in [2.24, 2.45) is 11.8 Å². The summed E-state index contributed by atoms with van der Waals surface area (Å²) in [5.74, 6) is -0.267. The number of aliphatic hydroxyl groups is 1. The summed E-state index contributed by atoms with van der Waals surface area (Å²) in [6.45, 7) is 5.49. The fraction of sp³-hybridized carbons (Fsp3) is 0.462. The van der Waals surface area contributed by atoms with Crippen LogP contribution in [0, 0.1) is 11.8 Å². The standard InChI is InChI=1S/C13H18O2/c1-9(2)12(14)10(3)13(15)11-7-5-4-6-8-11/h4-10,13,15H,1-3H3. The Morgan fingerprint density at radius 2 is 1.67 bits per heavy atom. The molecule has 0 aliphatic heterocycles. The molecule has 0 fully saturated rings. The summed E-state index contributed by atoms with van der Waals surface area (Å²) in [4.78, 5) is 11.7. The second kappa shape index (κ2) is 5.08. The average molecular weight is 206 g/mol. The average Bonchev–Trinajstić information content (AvgIpc) is 2.27. The number of aliphatic hydroxyl groups excluding tert-OH is 1. The quantitative estimate of drug-likeness (QED) is 0.822. The molecule has 1 aromatic rings. The molecule has 2 unspecified atom stereocenters. The Morgan fingerprint density at radius 1 is 1.13 bits per heavy atom. The van der Waals surface area contributed by atoms with Crippen molar-refractivity contribution < 1.29 is 9.90 Å². The van der Waals surface area contributed by atoms with E-state index in [-0.39, 0.29) is 17.6 Å². The first-order valence-electron chi connectivity index (χ1n) is 5.30. The minimum Gasteiger partial charge on any atom is -0.388 e. The summed E-state index contributed by atoms with van der Waals surface area (Å²) >= 11 is 0. The van der Waals surface area contributed by atoms with E-state index in [0.29, 0.717) is 0 Å². The molecule has 1 aromatic carbocycles. The fourth-order valence-corrected chi connectivity index (χ4v) is 1.62. The summed E-state index contributed by atoms with van der Waals surface area (Å²) in [5.41, 5.74) is 0.805. The van der Waals surface area contributed by atoms with Crippen LogP contribution in [-0.4, -0.2) is 10.9 Å². The van der Waals surface area contributed by atoms with Crippen LogP contribution < -0.4 is 0 Å². The Kier molecular flexibility index (Phi) is 4.04. The van der Waals surface area contributed by atoms with Crippen molar-refractivity contribution >= 4 is 5.78 Å². The Bertz CT molecular complexity index is 317. The van der Waals surface area contributed by atoms with E-state index in [1.54, 1.807) is 6.92 Å². The lowest BCUT2D eigenvalue weighted by Crippen LogP contribution is -2.23. The molecule has 82 valence electrons. The van der Waals surface area contributed by atoms with Gasteiger partial charge in [-0.2, -0.15) is 0 Å². The van der Waals surface area contributed by atoms with E-state index >= 15 is 0 Å². The van der Waals surface area contributed by atoms with Crippen molar-refractivity contribution in [2.75, 3.05) is 0 Å². The van der Waals surface area contributed by atoms with Crippen LogP contribution in [0.3, 0.4) is 0 Å². The predicted octanol–water partition coefficient (Wildman–Crippen LogP) is 2.58. The Morgan fingerprint density at radius 3 is 2.13 bits per heavy atom. The van der Waals surface area contributed by atoms with Crippen molar-refractivity contribution in [1.82, 2.24) is 0 Å². The van der Waals surface area contributed by atoms with Crippen LogP contribution >= 0.6 is 0 Å². The minimum atomic E-state index is -0.693. The van der Waals surface area contributed by atoms with Gasteiger partial charge in [0.15, 0.2) is 0 Å². The normalized spacial score (nSPS) is 15.0. The van der Waals surface area contributed by atoms with Crippen molar-refractivity contribution in [2.45, 2.75) is 26.9 Å². The summed E-state index contributed by atoms with van der Waals surface area (Å²) in [6.07, 6.45) is -0.693. The van der Waals surface area contributed by atoms with Crippen molar-refractivity contribution in [1.29, 1.82) is 0 Å². The van der Waals surface area contributed by atoms with Crippen molar-refractivity contribution in [3.8, 4) is 0 Å². The number of carbonyl (C=O) groups excluding carboxylic acids is 1. The summed E-state index contributed by atoms with van der Waals surface area (Å²) < 4.78 is 0. The third-order valence-corrected chi connectivity index (χ3v) is 2.63. The molecular formula is C13H18O2. The Labute approximate surface area is 90.9 Å². The molecule has 0 amide bonds. The second-order valence-corrected chi connectivity index (χ2v) is 4.20. The molecule has 0 bridgehead atoms. The third kappa shape index (κ3) is 2.90. The molecule has 1 rings (SSSR count). The van der Waals surface area contributed by atoms with Gasteiger partial charge in [0.1, 0.15) is 5.78 Å². The molecule has 0 aromatic heterocycles. The highest BCUT2D eigenvalue weighted by Gasteiger charge is 2.24. The number of carbonyl (C=O) groups is 1. The van der Waals surface area contributed by atoms with Crippen LogP contribution in [0.5, 0.6) is 0 Å². The smallest absolute Gasteiger partial charge is 0.141 e. The Hall–Kier alpha value is -1.15. The largest absolute Gasteiger partial charge is 0.388 e. The topological polar surface area (TPSA) is 37.3 Å². The van der Waals surface area contributed by atoms with Gasteiger partial charge in [0.05, 0.1) is 6.10 Å². The lowest BCUT2D eigenvalue weighted by Gasteiger charge is -2.19. The van der Waals surface area contributed by atoms with Crippen molar-refractivity contribution in [3.05, 3.63) is 35.9 Å². The predicted molar refractivity (Wildman–Crippen MR) is 60.4 cm³/mol. The van der Waals surface area contributed by atoms with Crippen LogP contribution in [0.15, 0.2) is 30.3 Å². The van der Waals surface area contributed by atoms with E-state index in [1.807, 2.05) is 44.2 Å². The van der Waals surface area contributed by atoms with Crippen LogP contribution in [0.25, 0.3) is 0 Å². The highest BCUT2D eigenvalue weighted by Crippen LogP contribution is 2.24.